The van der Waals surface area contributed by atoms with E-state index in [9.17, 15) is 4.39 Å². The van der Waals surface area contributed by atoms with Crippen LogP contribution in [0.25, 0.3) is 21.7 Å². The van der Waals surface area contributed by atoms with E-state index in [1.54, 1.807) is 0 Å². The number of nitrogens with zero attached hydrogens (tertiary/aromatic N) is 1. The molecule has 1 heterocycles. The van der Waals surface area contributed by atoms with Crippen LogP contribution in [0.15, 0.2) is 72.8 Å². The summed E-state index contributed by atoms with van der Waals surface area (Å²) >= 11 is 0. The summed E-state index contributed by atoms with van der Waals surface area (Å²) in [6.07, 6.45) is 1.70. The molecule has 0 amide bonds. The van der Waals surface area contributed by atoms with Gasteiger partial charge in [0.1, 0.15) is 5.82 Å². The van der Waals surface area contributed by atoms with E-state index >= 15 is 0 Å². The van der Waals surface area contributed by atoms with E-state index in [-0.39, 0.29) is 5.82 Å². The minimum absolute atomic E-state index is 0.192. The first-order valence-electron chi connectivity index (χ1n) is 7.82. The summed E-state index contributed by atoms with van der Waals surface area (Å²) in [7, 11) is 0. The molecule has 0 aliphatic heterocycles. The highest BCUT2D eigenvalue weighted by molar-refractivity contribution is 6.06. The highest BCUT2D eigenvalue weighted by Gasteiger charge is 2.08. The van der Waals surface area contributed by atoms with Gasteiger partial charge in [-0.05, 0) is 42.0 Å². The summed E-state index contributed by atoms with van der Waals surface area (Å²) in [5.74, 6) is -0.192. The van der Waals surface area contributed by atoms with E-state index in [1.807, 2.05) is 18.2 Å². The lowest BCUT2D eigenvalue weighted by molar-refractivity contribution is 0.627. The zero-order valence-corrected chi connectivity index (χ0v) is 12.7. The second-order valence-electron chi connectivity index (χ2n) is 5.75. The molecule has 0 atom stereocenters. The SMILES string of the molecule is Fc1ccc(CCc2nc3ccccc3c3ccccc23)cc1. The number of fused-ring (bicyclic) bond motifs is 3. The lowest BCUT2D eigenvalue weighted by Gasteiger charge is -2.09. The lowest BCUT2D eigenvalue weighted by atomic mass is 10.00. The van der Waals surface area contributed by atoms with Crippen molar-refractivity contribution in [1.29, 1.82) is 0 Å². The van der Waals surface area contributed by atoms with Crippen LogP contribution < -0.4 is 0 Å². The Hall–Kier alpha value is -2.74. The molecule has 2 heteroatoms. The summed E-state index contributed by atoms with van der Waals surface area (Å²) in [4.78, 5) is 4.86. The monoisotopic (exact) mass is 301 g/mol. The van der Waals surface area contributed by atoms with Crippen molar-refractivity contribution in [2.24, 2.45) is 0 Å². The van der Waals surface area contributed by atoms with Gasteiger partial charge in [-0.2, -0.15) is 0 Å². The zero-order chi connectivity index (χ0) is 15.6. The Morgan fingerprint density at radius 3 is 2.09 bits per heavy atom. The van der Waals surface area contributed by atoms with Crippen LogP contribution in [-0.2, 0) is 12.8 Å². The Morgan fingerprint density at radius 1 is 0.652 bits per heavy atom. The van der Waals surface area contributed by atoms with Crippen molar-refractivity contribution in [1.82, 2.24) is 4.98 Å². The van der Waals surface area contributed by atoms with E-state index in [1.165, 1.54) is 28.3 Å². The van der Waals surface area contributed by atoms with Crippen LogP contribution in [0.3, 0.4) is 0 Å². The summed E-state index contributed by atoms with van der Waals surface area (Å²) in [5.41, 5.74) is 3.26. The van der Waals surface area contributed by atoms with Crippen LogP contribution in [0.1, 0.15) is 11.3 Å². The third-order valence-electron chi connectivity index (χ3n) is 4.25. The fraction of sp³-hybridized carbons (Fsp3) is 0.0952. The molecule has 0 spiro atoms. The Kier molecular flexibility index (Phi) is 3.51. The number of pyridine rings is 1. The van der Waals surface area contributed by atoms with E-state index in [0.29, 0.717) is 0 Å². The molecule has 1 aromatic heterocycles. The molecular formula is C21H16FN. The van der Waals surface area contributed by atoms with Crippen LogP contribution in [0.5, 0.6) is 0 Å². The van der Waals surface area contributed by atoms with Gasteiger partial charge in [-0.1, -0.05) is 54.6 Å². The molecule has 0 aliphatic carbocycles. The predicted molar refractivity (Wildman–Crippen MR) is 93.1 cm³/mol. The molecule has 0 bridgehead atoms. The molecule has 0 radical (unpaired) electrons. The van der Waals surface area contributed by atoms with Gasteiger partial charge in [0.25, 0.3) is 0 Å². The molecule has 3 aromatic carbocycles. The first-order chi connectivity index (χ1) is 11.3. The second kappa shape index (κ2) is 5.81. The molecule has 0 aliphatic rings. The molecule has 112 valence electrons. The molecule has 0 fully saturated rings. The first kappa shape index (κ1) is 13.9. The highest BCUT2D eigenvalue weighted by Crippen LogP contribution is 2.26. The van der Waals surface area contributed by atoms with E-state index in [4.69, 9.17) is 4.98 Å². The first-order valence-corrected chi connectivity index (χ1v) is 7.82. The standard InChI is InChI=1S/C21H16FN/c22-16-12-9-15(10-13-16)11-14-21-19-6-2-1-5-17(19)18-7-3-4-8-20(18)23-21/h1-10,12-13H,11,14H2. The minimum Gasteiger partial charge on any atom is -0.252 e. The van der Waals surface area contributed by atoms with Gasteiger partial charge in [0.15, 0.2) is 0 Å². The van der Waals surface area contributed by atoms with Gasteiger partial charge in [-0.25, -0.2) is 4.39 Å². The molecule has 23 heavy (non-hydrogen) atoms. The number of halogens is 1. The van der Waals surface area contributed by atoms with Crippen molar-refractivity contribution in [3.05, 3.63) is 89.9 Å². The van der Waals surface area contributed by atoms with Crippen molar-refractivity contribution in [2.75, 3.05) is 0 Å². The summed E-state index contributed by atoms with van der Waals surface area (Å²) in [6.45, 7) is 0. The Labute approximate surface area is 134 Å². The smallest absolute Gasteiger partial charge is 0.123 e. The maximum absolute atomic E-state index is 13.0. The maximum Gasteiger partial charge on any atom is 0.123 e. The summed E-state index contributed by atoms with van der Waals surface area (Å²) < 4.78 is 13.0. The van der Waals surface area contributed by atoms with Gasteiger partial charge in [0.05, 0.1) is 5.52 Å². The summed E-state index contributed by atoms with van der Waals surface area (Å²) in [5, 5.41) is 3.63. The molecule has 0 N–H and O–H groups in total. The van der Waals surface area contributed by atoms with Gasteiger partial charge in [0.2, 0.25) is 0 Å². The number of aromatic nitrogens is 1. The predicted octanol–water partition coefficient (Wildman–Crippen LogP) is 5.31. The molecule has 4 aromatic rings. The number of rotatable bonds is 3. The number of aryl methyl sites for hydroxylation is 2. The lowest BCUT2D eigenvalue weighted by Crippen LogP contribution is -1.97. The topological polar surface area (TPSA) is 12.9 Å². The molecule has 1 nitrogen and oxygen atoms in total. The van der Waals surface area contributed by atoms with Crippen molar-refractivity contribution in [3.63, 3.8) is 0 Å². The van der Waals surface area contributed by atoms with Crippen LogP contribution in [0, 0.1) is 5.82 Å². The van der Waals surface area contributed by atoms with Gasteiger partial charge >= 0.3 is 0 Å². The molecule has 0 saturated heterocycles. The van der Waals surface area contributed by atoms with E-state index in [2.05, 4.69) is 42.5 Å². The van der Waals surface area contributed by atoms with Gasteiger partial charge in [-0.3, -0.25) is 4.98 Å². The quantitative estimate of drug-likeness (QED) is 0.467. The van der Waals surface area contributed by atoms with Gasteiger partial charge in [0, 0.05) is 16.5 Å². The normalized spacial score (nSPS) is 11.2. The number of benzene rings is 3. The maximum atomic E-state index is 13.0. The fourth-order valence-corrected chi connectivity index (χ4v) is 3.08. The number of para-hydroxylation sites is 1. The Morgan fingerprint density at radius 2 is 1.30 bits per heavy atom. The summed E-state index contributed by atoms with van der Waals surface area (Å²) in [6, 6.07) is 23.4. The molecular weight excluding hydrogens is 285 g/mol. The van der Waals surface area contributed by atoms with E-state index < -0.39 is 0 Å². The van der Waals surface area contributed by atoms with Crippen LogP contribution in [-0.4, -0.2) is 4.98 Å². The second-order valence-corrected chi connectivity index (χ2v) is 5.75. The average molecular weight is 301 g/mol. The third kappa shape index (κ3) is 2.68. The van der Waals surface area contributed by atoms with Gasteiger partial charge in [-0.15, -0.1) is 0 Å². The zero-order valence-electron chi connectivity index (χ0n) is 12.7. The van der Waals surface area contributed by atoms with Crippen LogP contribution in [0.4, 0.5) is 4.39 Å². The number of hydrogen-bond acceptors (Lipinski definition) is 1. The van der Waals surface area contributed by atoms with Crippen LogP contribution >= 0.6 is 0 Å². The van der Waals surface area contributed by atoms with Crippen molar-refractivity contribution >= 4 is 21.7 Å². The number of hydrogen-bond donors (Lipinski definition) is 0. The van der Waals surface area contributed by atoms with E-state index in [0.717, 1.165) is 29.6 Å². The Bertz CT molecular complexity index is 974. The molecule has 4 rings (SSSR count). The van der Waals surface area contributed by atoms with Crippen LogP contribution in [0.2, 0.25) is 0 Å². The average Bonchev–Trinajstić information content (AvgIpc) is 2.61. The third-order valence-corrected chi connectivity index (χ3v) is 4.25. The molecule has 0 unspecified atom stereocenters. The van der Waals surface area contributed by atoms with Gasteiger partial charge < -0.3 is 0 Å². The minimum atomic E-state index is -0.192. The molecule has 0 saturated carbocycles. The fourth-order valence-electron chi connectivity index (χ4n) is 3.08. The van der Waals surface area contributed by atoms with Crippen molar-refractivity contribution in [3.8, 4) is 0 Å². The largest absolute Gasteiger partial charge is 0.252 e. The highest BCUT2D eigenvalue weighted by atomic mass is 19.1. The van der Waals surface area contributed by atoms with Crippen molar-refractivity contribution < 1.29 is 4.39 Å². The van der Waals surface area contributed by atoms with Crippen molar-refractivity contribution in [2.45, 2.75) is 12.8 Å². The Balaban J connectivity index is 1.77.